The van der Waals surface area contributed by atoms with E-state index in [0.717, 1.165) is 24.8 Å². The van der Waals surface area contributed by atoms with E-state index in [1.807, 2.05) is 48.5 Å². The third-order valence-corrected chi connectivity index (χ3v) is 6.58. The Balaban J connectivity index is 1.80. The van der Waals surface area contributed by atoms with Crippen LogP contribution in [-0.4, -0.2) is 30.5 Å². The number of aliphatic carboxylic acids is 1. The van der Waals surface area contributed by atoms with Crippen molar-refractivity contribution in [3.05, 3.63) is 71.8 Å². The molecule has 0 aliphatic heterocycles. The van der Waals surface area contributed by atoms with Crippen LogP contribution in [0.3, 0.4) is 0 Å². The fourth-order valence-corrected chi connectivity index (χ4v) is 4.62. The van der Waals surface area contributed by atoms with E-state index in [1.165, 1.54) is 5.56 Å². The van der Waals surface area contributed by atoms with Gasteiger partial charge in [-0.1, -0.05) is 73.5 Å². The molecule has 2 aromatic carbocycles. The van der Waals surface area contributed by atoms with Gasteiger partial charge in [0, 0.05) is 0 Å². The molecule has 0 aliphatic carbocycles. The van der Waals surface area contributed by atoms with Crippen LogP contribution < -0.4 is 0 Å². The average Bonchev–Trinajstić information content (AvgIpc) is 2.64. The van der Waals surface area contributed by atoms with Crippen LogP contribution in [0.4, 0.5) is 0 Å². The smallest absolute Gasteiger partial charge is 0.321 e. The van der Waals surface area contributed by atoms with Crippen LogP contribution in [0.1, 0.15) is 36.8 Å². The van der Waals surface area contributed by atoms with Crippen molar-refractivity contribution in [2.24, 2.45) is 0 Å². The topological polar surface area (TPSA) is 71.4 Å². The van der Waals surface area contributed by atoms with E-state index in [1.54, 1.807) is 0 Å². The van der Waals surface area contributed by atoms with Crippen molar-refractivity contribution in [3.8, 4) is 0 Å². The Morgan fingerprint density at radius 3 is 1.88 bits per heavy atom. The van der Waals surface area contributed by atoms with Crippen LogP contribution in [0.15, 0.2) is 60.7 Å². The van der Waals surface area contributed by atoms with Gasteiger partial charge in [-0.25, -0.2) is 8.42 Å². The van der Waals surface area contributed by atoms with E-state index in [4.69, 9.17) is 0 Å². The number of hydrogen-bond donors (Lipinski definition) is 1. The molecule has 26 heavy (non-hydrogen) atoms. The lowest BCUT2D eigenvalue weighted by molar-refractivity contribution is -0.136. The minimum atomic E-state index is -3.66. The molecule has 1 unspecified atom stereocenters. The van der Waals surface area contributed by atoms with Gasteiger partial charge in [0.1, 0.15) is 0 Å². The summed E-state index contributed by atoms with van der Waals surface area (Å²) in [5, 5.41) is 8.06. The molecule has 2 aromatic rings. The molecule has 0 radical (unpaired) electrons. The summed E-state index contributed by atoms with van der Waals surface area (Å²) in [6.07, 6.45) is 3.82. The standard InChI is InChI=1S/C21H26O4S/c22-21(23)20(15-9-3-8-12-18-10-4-1-5-11-18)26(24,25)17-16-19-13-6-2-7-14-19/h1-2,4-7,10-11,13-14,20H,3,8-9,12,15-17H2,(H,22,23). The summed E-state index contributed by atoms with van der Waals surface area (Å²) in [5.41, 5.74) is 2.15. The van der Waals surface area contributed by atoms with Crippen LogP contribution in [0, 0.1) is 0 Å². The van der Waals surface area contributed by atoms with Crippen LogP contribution >= 0.6 is 0 Å². The average molecular weight is 375 g/mol. The van der Waals surface area contributed by atoms with Crippen molar-refractivity contribution in [2.45, 2.75) is 43.8 Å². The number of aryl methyl sites for hydroxylation is 2. The number of rotatable bonds is 11. The Hall–Kier alpha value is -2.14. The summed E-state index contributed by atoms with van der Waals surface area (Å²) in [6.45, 7) is 0. The van der Waals surface area contributed by atoms with Gasteiger partial charge in [-0.05, 0) is 36.8 Å². The van der Waals surface area contributed by atoms with Gasteiger partial charge in [-0.3, -0.25) is 4.79 Å². The highest BCUT2D eigenvalue weighted by molar-refractivity contribution is 7.92. The van der Waals surface area contributed by atoms with E-state index in [9.17, 15) is 18.3 Å². The van der Waals surface area contributed by atoms with E-state index >= 15 is 0 Å². The molecule has 140 valence electrons. The number of sulfone groups is 1. The number of hydrogen-bond acceptors (Lipinski definition) is 3. The second kappa shape index (κ2) is 10.1. The molecule has 0 saturated carbocycles. The molecule has 0 aromatic heterocycles. The van der Waals surface area contributed by atoms with E-state index in [2.05, 4.69) is 12.1 Å². The van der Waals surface area contributed by atoms with Crippen molar-refractivity contribution < 1.29 is 18.3 Å². The van der Waals surface area contributed by atoms with E-state index in [-0.39, 0.29) is 12.2 Å². The van der Waals surface area contributed by atoms with E-state index in [0.29, 0.717) is 12.8 Å². The fourth-order valence-electron chi connectivity index (χ4n) is 2.98. The van der Waals surface area contributed by atoms with Gasteiger partial charge in [-0.15, -0.1) is 0 Å². The molecule has 0 saturated heterocycles. The highest BCUT2D eigenvalue weighted by atomic mass is 32.2. The molecule has 0 spiro atoms. The van der Waals surface area contributed by atoms with Gasteiger partial charge in [-0.2, -0.15) is 0 Å². The molecule has 0 aliphatic rings. The van der Waals surface area contributed by atoms with Gasteiger partial charge in [0.15, 0.2) is 15.1 Å². The summed E-state index contributed by atoms with van der Waals surface area (Å²) in [5.74, 6) is -1.36. The van der Waals surface area contributed by atoms with Crippen molar-refractivity contribution in [2.75, 3.05) is 5.75 Å². The van der Waals surface area contributed by atoms with Gasteiger partial charge in [0.25, 0.3) is 0 Å². The van der Waals surface area contributed by atoms with Crippen molar-refractivity contribution in [1.82, 2.24) is 0 Å². The third kappa shape index (κ3) is 6.64. The maximum Gasteiger partial charge on any atom is 0.321 e. The highest BCUT2D eigenvalue weighted by Crippen LogP contribution is 2.16. The Labute approximate surface area is 155 Å². The van der Waals surface area contributed by atoms with Gasteiger partial charge in [0.2, 0.25) is 0 Å². The zero-order valence-electron chi connectivity index (χ0n) is 14.9. The summed E-state index contributed by atoms with van der Waals surface area (Å²) in [4.78, 5) is 11.5. The summed E-state index contributed by atoms with van der Waals surface area (Å²) in [7, 11) is -3.66. The van der Waals surface area contributed by atoms with Gasteiger partial charge in [0.05, 0.1) is 5.75 Å². The maximum absolute atomic E-state index is 12.4. The fraction of sp³-hybridized carbons (Fsp3) is 0.381. The molecule has 0 fully saturated rings. The molecule has 1 N–H and O–H groups in total. The van der Waals surface area contributed by atoms with Gasteiger partial charge < -0.3 is 5.11 Å². The molecule has 1 atom stereocenters. The lowest BCUT2D eigenvalue weighted by Gasteiger charge is -2.13. The molecule has 0 amide bonds. The zero-order chi connectivity index (χ0) is 18.8. The quantitative estimate of drug-likeness (QED) is 0.606. The Kier molecular flexibility index (Phi) is 7.85. The molecular weight excluding hydrogens is 348 g/mol. The first-order chi connectivity index (χ1) is 12.5. The molecule has 5 heteroatoms. The Morgan fingerprint density at radius 2 is 1.35 bits per heavy atom. The Morgan fingerprint density at radius 1 is 0.808 bits per heavy atom. The Bertz CT molecular complexity index is 770. The molecule has 0 bridgehead atoms. The summed E-state index contributed by atoms with van der Waals surface area (Å²) in [6, 6.07) is 19.4. The second-order valence-corrected chi connectivity index (χ2v) is 8.82. The lowest BCUT2D eigenvalue weighted by Crippen LogP contribution is -2.32. The van der Waals surface area contributed by atoms with Crippen molar-refractivity contribution in [3.63, 3.8) is 0 Å². The monoisotopic (exact) mass is 374 g/mol. The predicted molar refractivity (Wildman–Crippen MR) is 104 cm³/mol. The van der Waals surface area contributed by atoms with Crippen molar-refractivity contribution >= 4 is 15.8 Å². The van der Waals surface area contributed by atoms with Crippen molar-refractivity contribution in [1.29, 1.82) is 0 Å². The first-order valence-electron chi connectivity index (χ1n) is 9.01. The normalized spacial score (nSPS) is 12.6. The molecule has 0 heterocycles. The second-order valence-electron chi connectivity index (χ2n) is 6.51. The predicted octanol–water partition coefficient (Wildman–Crippen LogP) is 3.90. The summed E-state index contributed by atoms with van der Waals surface area (Å²) >= 11 is 0. The van der Waals surface area contributed by atoms with E-state index < -0.39 is 21.1 Å². The first kappa shape index (κ1) is 20.2. The number of benzene rings is 2. The maximum atomic E-state index is 12.4. The molecule has 2 rings (SSSR count). The highest BCUT2D eigenvalue weighted by Gasteiger charge is 2.31. The molecular formula is C21H26O4S. The minimum Gasteiger partial charge on any atom is -0.480 e. The van der Waals surface area contributed by atoms with Crippen LogP contribution in [-0.2, 0) is 27.5 Å². The summed E-state index contributed by atoms with van der Waals surface area (Å²) < 4.78 is 24.9. The van der Waals surface area contributed by atoms with Gasteiger partial charge >= 0.3 is 5.97 Å². The number of carboxylic acid groups (broad SMARTS) is 1. The lowest BCUT2D eigenvalue weighted by atomic mass is 10.1. The zero-order valence-corrected chi connectivity index (χ0v) is 15.7. The third-order valence-electron chi connectivity index (χ3n) is 4.50. The SMILES string of the molecule is O=C(O)C(CCCCCc1ccccc1)S(=O)(=O)CCc1ccccc1. The largest absolute Gasteiger partial charge is 0.480 e. The number of carbonyl (C=O) groups is 1. The minimum absolute atomic E-state index is 0.127. The number of carboxylic acids is 1. The van der Waals surface area contributed by atoms with Crippen LogP contribution in [0.5, 0.6) is 0 Å². The van der Waals surface area contributed by atoms with Crippen LogP contribution in [0.2, 0.25) is 0 Å². The van der Waals surface area contributed by atoms with Crippen LogP contribution in [0.25, 0.3) is 0 Å². The first-order valence-corrected chi connectivity index (χ1v) is 10.7. The molecule has 4 nitrogen and oxygen atoms in total. The number of unbranched alkanes of at least 4 members (excludes halogenated alkanes) is 2.